The van der Waals surface area contributed by atoms with Crippen molar-refractivity contribution in [3.05, 3.63) is 95.1 Å². The number of amides is 3. The Balaban J connectivity index is 1.36. The van der Waals surface area contributed by atoms with Crippen molar-refractivity contribution < 1.29 is 19.1 Å². The first-order valence-electron chi connectivity index (χ1n) is 13.6. The molecule has 0 N–H and O–H groups in total. The lowest BCUT2D eigenvalue weighted by Crippen LogP contribution is -2.67. The molecular weight excluding hydrogens is 476 g/mol. The molecule has 2 atom stereocenters. The Bertz CT molecular complexity index is 1280. The average Bonchev–Trinajstić information content (AvgIpc) is 3.18. The molecule has 0 bridgehead atoms. The van der Waals surface area contributed by atoms with Crippen LogP contribution in [0.4, 0.5) is 5.69 Å². The second-order valence-electron chi connectivity index (χ2n) is 10.1. The molecule has 38 heavy (non-hydrogen) atoms. The summed E-state index contributed by atoms with van der Waals surface area (Å²) in [5.74, 6) is -0.336. The summed E-state index contributed by atoms with van der Waals surface area (Å²) in [5.41, 5.74) is 3.36. The number of benzene rings is 3. The van der Waals surface area contributed by atoms with Crippen molar-refractivity contribution in [2.45, 2.75) is 64.5 Å². The lowest BCUT2D eigenvalue weighted by Gasteiger charge is -2.49. The van der Waals surface area contributed by atoms with Gasteiger partial charge in [0.25, 0.3) is 17.7 Å². The first-order chi connectivity index (χ1) is 18.5. The molecule has 1 fully saturated rings. The second-order valence-corrected chi connectivity index (χ2v) is 10.1. The summed E-state index contributed by atoms with van der Waals surface area (Å²) < 4.78 is 5.95. The zero-order chi connectivity index (χ0) is 26.6. The number of carbonyl (C=O) groups excluding carboxylic acids is 3. The van der Waals surface area contributed by atoms with E-state index >= 15 is 0 Å². The summed E-state index contributed by atoms with van der Waals surface area (Å²) in [5, 5.41) is 0. The molecule has 1 saturated heterocycles. The van der Waals surface area contributed by atoms with Gasteiger partial charge in [-0.2, -0.15) is 0 Å². The zero-order valence-corrected chi connectivity index (χ0v) is 22.1. The van der Waals surface area contributed by atoms with Gasteiger partial charge >= 0.3 is 0 Å². The highest BCUT2D eigenvalue weighted by atomic mass is 16.5. The van der Waals surface area contributed by atoms with E-state index in [4.69, 9.17) is 4.74 Å². The fourth-order valence-corrected chi connectivity index (χ4v) is 5.34. The summed E-state index contributed by atoms with van der Waals surface area (Å²) in [6, 6.07) is 20.7. The molecule has 5 rings (SSSR count). The fourth-order valence-electron chi connectivity index (χ4n) is 5.34. The second kappa shape index (κ2) is 11.2. The number of rotatable bonds is 11. The molecule has 3 aromatic carbocycles. The van der Waals surface area contributed by atoms with E-state index in [0.29, 0.717) is 17.7 Å². The smallest absolute Gasteiger partial charge is 0.262 e. The van der Waals surface area contributed by atoms with Gasteiger partial charge in [0.15, 0.2) is 0 Å². The third kappa shape index (κ3) is 4.83. The van der Waals surface area contributed by atoms with Crippen LogP contribution < -0.4 is 9.64 Å². The molecule has 0 radical (unpaired) electrons. The number of fused-ring (bicyclic) bond motifs is 1. The number of unbranched alkanes of at least 4 members (excludes halogenated alkanes) is 5. The number of hydrogen-bond acceptors (Lipinski definition) is 4. The molecule has 0 spiro atoms. The molecule has 2 aliphatic heterocycles. The molecule has 2 aliphatic rings. The highest BCUT2D eigenvalue weighted by Gasteiger charge is 2.57. The number of nitrogens with zero attached hydrogens (tertiary/aromatic N) is 2. The van der Waals surface area contributed by atoms with Gasteiger partial charge < -0.3 is 9.64 Å². The molecule has 2 heterocycles. The van der Waals surface area contributed by atoms with Crippen molar-refractivity contribution in [1.29, 1.82) is 0 Å². The number of ether oxygens (including phenoxy) is 1. The molecule has 0 aliphatic carbocycles. The summed E-state index contributed by atoms with van der Waals surface area (Å²) in [4.78, 5) is 42.9. The van der Waals surface area contributed by atoms with Crippen LogP contribution in [0.5, 0.6) is 5.75 Å². The van der Waals surface area contributed by atoms with Gasteiger partial charge in [-0.05, 0) is 55.3 Å². The maximum Gasteiger partial charge on any atom is 0.262 e. The van der Waals surface area contributed by atoms with Gasteiger partial charge in [-0.1, -0.05) is 81.0 Å². The van der Waals surface area contributed by atoms with Crippen LogP contribution in [-0.2, 0) is 4.79 Å². The summed E-state index contributed by atoms with van der Waals surface area (Å²) in [7, 11) is 0. The van der Waals surface area contributed by atoms with Crippen LogP contribution in [0.1, 0.15) is 83.3 Å². The largest absolute Gasteiger partial charge is 0.494 e. The predicted octanol–water partition coefficient (Wildman–Crippen LogP) is 6.49. The lowest BCUT2D eigenvalue weighted by molar-refractivity contribution is -0.130. The number of anilines is 1. The van der Waals surface area contributed by atoms with Crippen LogP contribution in [0.2, 0.25) is 0 Å². The molecule has 0 aromatic heterocycles. The Morgan fingerprint density at radius 2 is 1.29 bits per heavy atom. The first kappa shape index (κ1) is 25.7. The van der Waals surface area contributed by atoms with E-state index < -0.39 is 23.9 Å². The van der Waals surface area contributed by atoms with Crippen LogP contribution in [0.3, 0.4) is 0 Å². The normalized spacial score (nSPS) is 18.5. The van der Waals surface area contributed by atoms with Gasteiger partial charge in [-0.3, -0.25) is 19.3 Å². The molecular formula is C32H34N2O4. The van der Waals surface area contributed by atoms with Gasteiger partial charge in [0.1, 0.15) is 11.8 Å². The summed E-state index contributed by atoms with van der Waals surface area (Å²) >= 11 is 0. The number of hydrogen-bond donors (Lipinski definition) is 0. The molecule has 0 unspecified atom stereocenters. The van der Waals surface area contributed by atoms with E-state index in [-0.39, 0.29) is 5.91 Å². The van der Waals surface area contributed by atoms with E-state index in [1.807, 2.05) is 55.5 Å². The molecule has 6 nitrogen and oxygen atoms in total. The van der Waals surface area contributed by atoms with Crippen molar-refractivity contribution in [3.8, 4) is 5.75 Å². The van der Waals surface area contributed by atoms with Gasteiger partial charge in [-0.15, -0.1) is 0 Å². The Hall–Kier alpha value is -3.93. The van der Waals surface area contributed by atoms with Gasteiger partial charge in [0.05, 0.1) is 23.8 Å². The van der Waals surface area contributed by atoms with Crippen molar-refractivity contribution in [3.63, 3.8) is 0 Å². The molecule has 3 amide bonds. The SMILES string of the molecule is CCCCCCCCOc1ccc([C@@H]2[C@H](N3C(=O)c4ccccc4C3=O)C(=O)N2c2ccc(C)cc2)cc1. The van der Waals surface area contributed by atoms with Crippen LogP contribution >= 0.6 is 0 Å². The summed E-state index contributed by atoms with van der Waals surface area (Å²) in [6.45, 7) is 4.87. The third-order valence-corrected chi connectivity index (χ3v) is 7.47. The van der Waals surface area contributed by atoms with Crippen molar-refractivity contribution >= 4 is 23.4 Å². The highest BCUT2D eigenvalue weighted by molar-refractivity contribution is 6.24. The van der Waals surface area contributed by atoms with Crippen LogP contribution in [-0.4, -0.2) is 35.3 Å². The van der Waals surface area contributed by atoms with Crippen molar-refractivity contribution in [1.82, 2.24) is 4.90 Å². The number of aryl methyl sites for hydroxylation is 1. The Labute approximate surface area is 224 Å². The maximum absolute atomic E-state index is 13.6. The van der Waals surface area contributed by atoms with Gasteiger partial charge in [0, 0.05) is 5.69 Å². The van der Waals surface area contributed by atoms with E-state index in [1.165, 1.54) is 25.7 Å². The average molecular weight is 511 g/mol. The zero-order valence-electron chi connectivity index (χ0n) is 22.1. The van der Waals surface area contributed by atoms with E-state index in [9.17, 15) is 14.4 Å². The van der Waals surface area contributed by atoms with Crippen LogP contribution in [0, 0.1) is 6.92 Å². The first-order valence-corrected chi connectivity index (χ1v) is 13.6. The predicted molar refractivity (Wildman–Crippen MR) is 147 cm³/mol. The van der Waals surface area contributed by atoms with Gasteiger partial charge in [0.2, 0.25) is 0 Å². The minimum atomic E-state index is -0.904. The van der Waals surface area contributed by atoms with Crippen LogP contribution in [0.25, 0.3) is 0 Å². The Kier molecular flexibility index (Phi) is 7.59. The van der Waals surface area contributed by atoms with E-state index in [1.54, 1.807) is 29.2 Å². The van der Waals surface area contributed by atoms with Crippen molar-refractivity contribution in [2.24, 2.45) is 0 Å². The number of imide groups is 1. The minimum Gasteiger partial charge on any atom is -0.494 e. The highest BCUT2D eigenvalue weighted by Crippen LogP contribution is 2.44. The quantitative estimate of drug-likeness (QED) is 0.168. The maximum atomic E-state index is 13.6. The molecule has 0 saturated carbocycles. The number of carbonyl (C=O) groups is 3. The third-order valence-electron chi connectivity index (χ3n) is 7.47. The Morgan fingerprint density at radius 1 is 0.684 bits per heavy atom. The Morgan fingerprint density at radius 3 is 1.92 bits per heavy atom. The number of β-lactam (4-membered cyclic amide) rings is 1. The topological polar surface area (TPSA) is 66.9 Å². The standard InChI is InChI=1S/C32H34N2O4/c1-3-4-5-6-7-10-21-38-25-19-15-23(16-20-25)28-29(32(37)33(28)24-17-13-22(2)14-18-24)34-30(35)26-11-8-9-12-27(26)31(34)36/h8-9,11-20,28-29H,3-7,10,21H2,1-2H3/t28-,29+/m1/s1. The summed E-state index contributed by atoms with van der Waals surface area (Å²) in [6.07, 6.45) is 7.22. The molecule has 6 heteroatoms. The molecule has 3 aromatic rings. The van der Waals surface area contributed by atoms with E-state index in [0.717, 1.165) is 40.3 Å². The lowest BCUT2D eigenvalue weighted by atomic mass is 9.86. The molecule has 196 valence electrons. The fraction of sp³-hybridized carbons (Fsp3) is 0.344. The monoisotopic (exact) mass is 510 g/mol. The van der Waals surface area contributed by atoms with Gasteiger partial charge in [-0.25, -0.2) is 0 Å². The van der Waals surface area contributed by atoms with E-state index in [2.05, 4.69) is 6.92 Å². The van der Waals surface area contributed by atoms with Crippen LogP contribution in [0.15, 0.2) is 72.8 Å². The minimum absolute atomic E-state index is 0.267. The van der Waals surface area contributed by atoms with Crippen molar-refractivity contribution in [2.75, 3.05) is 11.5 Å².